The Labute approximate surface area is 376 Å². The number of aromatic nitrogens is 1. The molecule has 0 aliphatic carbocycles. The molecule has 4 aromatic rings. The number of nitrogens with one attached hydrogen (secondary N) is 3. The van der Waals surface area contributed by atoms with Crippen LogP contribution in [0, 0.1) is 5.82 Å². The normalized spacial score (nSPS) is 12.4. The Hall–Kier alpha value is -5.06. The summed E-state index contributed by atoms with van der Waals surface area (Å²) in [6.07, 6.45) is 18.7. The van der Waals surface area contributed by atoms with Gasteiger partial charge in [0, 0.05) is 43.0 Å². The average molecular weight is 865 g/mol. The molecule has 3 aromatic carbocycles. The highest BCUT2D eigenvalue weighted by molar-refractivity contribution is 6.12. The van der Waals surface area contributed by atoms with Crippen LogP contribution in [0.1, 0.15) is 152 Å². The Morgan fingerprint density at radius 1 is 0.683 bits per heavy atom. The first-order valence-electron chi connectivity index (χ1n) is 23.6. The zero-order valence-corrected chi connectivity index (χ0v) is 38.1. The van der Waals surface area contributed by atoms with Crippen molar-refractivity contribution in [3.8, 4) is 22.4 Å². The summed E-state index contributed by atoms with van der Waals surface area (Å²) in [5.74, 6) is -1.19. The maximum Gasteiger partial charge on any atom is 0.258 e. The molecule has 0 saturated heterocycles. The van der Waals surface area contributed by atoms with Crippen molar-refractivity contribution in [2.45, 2.75) is 155 Å². The molecule has 0 saturated carbocycles. The number of rotatable bonds is 30. The zero-order chi connectivity index (χ0) is 45.2. The maximum atomic E-state index is 14.3. The standard InChI is InChI=1S/C53H73FN4O5/c1-4-5-6-7-8-9-10-11-12-13-14-15-16-17-24-29-47(61)55-35-36-56-48(62)39-46(60)38-45(59)34-37-58-51(40(2)3)50(53(63)57-44-27-22-19-23-28-44)49(41-25-20-18-21-26-41)52(58)42-30-32-43(54)33-31-42/h11-12,18-23,25-28,30-33,40,45-46,59-60H,4-10,13-17,24,29,34-39H2,1-3H3,(H,55,61)(H,56,62)(H,57,63)/b12-11-/t45-,46-/m1/s1. The monoisotopic (exact) mass is 865 g/mol. The van der Waals surface area contributed by atoms with Gasteiger partial charge in [0.2, 0.25) is 11.8 Å². The van der Waals surface area contributed by atoms with Crippen LogP contribution in [-0.4, -0.2) is 57.8 Å². The smallest absolute Gasteiger partial charge is 0.258 e. The van der Waals surface area contributed by atoms with Crippen LogP contribution >= 0.6 is 0 Å². The number of halogens is 1. The fraction of sp³-hybridized carbons (Fsp3) is 0.491. The third-order valence-electron chi connectivity index (χ3n) is 11.4. The fourth-order valence-corrected chi connectivity index (χ4v) is 8.14. The molecule has 1 heterocycles. The molecule has 0 aliphatic rings. The van der Waals surface area contributed by atoms with E-state index in [0.29, 0.717) is 35.3 Å². The SMILES string of the molecule is CCCCCCCC/C=C\CCCCCCCC(=O)NCCNC(=O)C[C@H](O)C[C@H](O)CCn1c(-c2ccc(F)cc2)c(-c2ccccc2)c(C(=O)Nc2ccccc2)c1C(C)C. The summed E-state index contributed by atoms with van der Waals surface area (Å²) in [5.41, 5.74) is 4.84. The largest absolute Gasteiger partial charge is 0.393 e. The summed E-state index contributed by atoms with van der Waals surface area (Å²) in [7, 11) is 0. The number of aliphatic hydroxyl groups is 2. The third kappa shape index (κ3) is 17.9. The topological polar surface area (TPSA) is 133 Å². The summed E-state index contributed by atoms with van der Waals surface area (Å²) >= 11 is 0. The van der Waals surface area contributed by atoms with Gasteiger partial charge in [-0.25, -0.2) is 4.39 Å². The molecule has 0 aliphatic heterocycles. The molecule has 342 valence electrons. The van der Waals surface area contributed by atoms with Gasteiger partial charge in [0.25, 0.3) is 5.91 Å². The van der Waals surface area contributed by atoms with Crippen LogP contribution in [0.5, 0.6) is 0 Å². The minimum atomic E-state index is -1.09. The summed E-state index contributed by atoms with van der Waals surface area (Å²) in [4.78, 5) is 39.3. The maximum absolute atomic E-state index is 14.3. The van der Waals surface area contributed by atoms with Crippen molar-refractivity contribution in [3.63, 3.8) is 0 Å². The van der Waals surface area contributed by atoms with Crippen molar-refractivity contribution in [1.29, 1.82) is 0 Å². The third-order valence-corrected chi connectivity index (χ3v) is 11.4. The average Bonchev–Trinajstić information content (AvgIpc) is 3.62. The van der Waals surface area contributed by atoms with Crippen molar-refractivity contribution in [2.24, 2.45) is 0 Å². The zero-order valence-electron chi connectivity index (χ0n) is 38.1. The van der Waals surface area contributed by atoms with Crippen molar-refractivity contribution in [1.82, 2.24) is 15.2 Å². The Bertz CT molecular complexity index is 1960. The number of amides is 3. The number of carbonyl (C=O) groups excluding carboxylic acids is 3. The number of hydrogen-bond acceptors (Lipinski definition) is 5. The van der Waals surface area contributed by atoms with E-state index in [2.05, 4.69) is 35.0 Å². The second-order valence-electron chi connectivity index (χ2n) is 17.1. The van der Waals surface area contributed by atoms with Crippen molar-refractivity contribution >= 4 is 23.4 Å². The summed E-state index contributed by atoms with van der Waals surface area (Å²) in [6, 6.07) is 25.0. The van der Waals surface area contributed by atoms with Gasteiger partial charge in [-0.1, -0.05) is 133 Å². The van der Waals surface area contributed by atoms with Gasteiger partial charge in [-0.3, -0.25) is 14.4 Å². The van der Waals surface area contributed by atoms with Gasteiger partial charge in [0.1, 0.15) is 5.82 Å². The number of aliphatic hydroxyl groups excluding tert-OH is 2. The molecule has 5 N–H and O–H groups in total. The van der Waals surface area contributed by atoms with E-state index in [1.165, 1.54) is 69.9 Å². The highest BCUT2D eigenvalue weighted by Gasteiger charge is 2.31. The molecule has 3 amide bonds. The van der Waals surface area contributed by atoms with E-state index in [1.807, 2.05) is 79.1 Å². The number of unbranched alkanes of at least 4 members (excludes halogenated alkanes) is 11. The predicted octanol–water partition coefficient (Wildman–Crippen LogP) is 11.5. The molecule has 0 radical (unpaired) electrons. The van der Waals surface area contributed by atoms with Crippen LogP contribution in [0.15, 0.2) is 97.1 Å². The second-order valence-corrected chi connectivity index (χ2v) is 17.1. The molecule has 0 unspecified atom stereocenters. The lowest BCUT2D eigenvalue weighted by Crippen LogP contribution is -2.36. The first-order valence-corrected chi connectivity index (χ1v) is 23.6. The fourth-order valence-electron chi connectivity index (χ4n) is 8.14. The van der Waals surface area contributed by atoms with Crippen LogP contribution < -0.4 is 16.0 Å². The minimum Gasteiger partial charge on any atom is -0.393 e. The molecule has 2 atom stereocenters. The van der Waals surface area contributed by atoms with E-state index in [-0.39, 0.29) is 61.8 Å². The summed E-state index contributed by atoms with van der Waals surface area (Å²) in [5, 5.41) is 30.7. The lowest BCUT2D eigenvalue weighted by molar-refractivity contribution is -0.124. The molecule has 10 heteroatoms. The molecule has 0 spiro atoms. The van der Waals surface area contributed by atoms with Crippen LogP contribution in [-0.2, 0) is 16.1 Å². The quantitative estimate of drug-likeness (QED) is 0.0263. The number of anilines is 1. The number of benzene rings is 3. The number of para-hydroxylation sites is 1. The molecular formula is C53H73FN4O5. The lowest BCUT2D eigenvalue weighted by Gasteiger charge is -2.20. The van der Waals surface area contributed by atoms with E-state index in [9.17, 15) is 29.0 Å². The number of nitrogens with zero attached hydrogens (tertiary/aromatic N) is 1. The number of allylic oxidation sites excluding steroid dienone is 2. The van der Waals surface area contributed by atoms with Crippen molar-refractivity contribution < 1.29 is 29.0 Å². The van der Waals surface area contributed by atoms with Gasteiger partial charge >= 0.3 is 0 Å². The van der Waals surface area contributed by atoms with E-state index >= 15 is 0 Å². The Kier molecular flexibility index (Phi) is 23.0. The van der Waals surface area contributed by atoms with E-state index in [4.69, 9.17) is 0 Å². The molecule has 0 bridgehead atoms. The Morgan fingerprint density at radius 2 is 1.25 bits per heavy atom. The lowest BCUT2D eigenvalue weighted by atomic mass is 9.94. The van der Waals surface area contributed by atoms with Gasteiger partial charge in [-0.15, -0.1) is 0 Å². The van der Waals surface area contributed by atoms with Crippen LogP contribution in [0.2, 0.25) is 0 Å². The van der Waals surface area contributed by atoms with Gasteiger partial charge in [-0.05, 0) is 98.4 Å². The Morgan fingerprint density at radius 3 is 1.87 bits per heavy atom. The Balaban J connectivity index is 1.24. The first-order chi connectivity index (χ1) is 30.6. The highest BCUT2D eigenvalue weighted by Crippen LogP contribution is 2.42. The highest BCUT2D eigenvalue weighted by atomic mass is 19.1. The van der Waals surface area contributed by atoms with Crippen LogP contribution in [0.3, 0.4) is 0 Å². The summed E-state index contributed by atoms with van der Waals surface area (Å²) in [6.45, 7) is 7.11. The second kappa shape index (κ2) is 28.6. The molecule has 9 nitrogen and oxygen atoms in total. The van der Waals surface area contributed by atoms with E-state index in [1.54, 1.807) is 12.1 Å². The van der Waals surface area contributed by atoms with Crippen molar-refractivity contribution in [2.75, 3.05) is 18.4 Å². The van der Waals surface area contributed by atoms with Crippen LogP contribution in [0.4, 0.5) is 10.1 Å². The minimum absolute atomic E-state index is 0.0306. The first kappa shape index (κ1) is 50.6. The molecule has 4 rings (SSSR count). The number of hydrogen-bond donors (Lipinski definition) is 5. The van der Waals surface area contributed by atoms with Gasteiger partial charge < -0.3 is 30.7 Å². The molecule has 63 heavy (non-hydrogen) atoms. The van der Waals surface area contributed by atoms with Gasteiger partial charge in [-0.2, -0.15) is 0 Å². The molecule has 0 fully saturated rings. The molecular weight excluding hydrogens is 792 g/mol. The predicted molar refractivity (Wildman–Crippen MR) is 255 cm³/mol. The van der Waals surface area contributed by atoms with Gasteiger partial charge in [0.05, 0.1) is 29.9 Å². The van der Waals surface area contributed by atoms with E-state index < -0.39 is 12.2 Å². The molecule has 1 aromatic heterocycles. The summed E-state index contributed by atoms with van der Waals surface area (Å²) < 4.78 is 16.3. The van der Waals surface area contributed by atoms with Crippen molar-refractivity contribution in [3.05, 3.63) is 114 Å². The van der Waals surface area contributed by atoms with E-state index in [0.717, 1.165) is 42.6 Å². The van der Waals surface area contributed by atoms with Crippen LogP contribution in [0.25, 0.3) is 22.4 Å². The number of carbonyl (C=O) groups is 3. The van der Waals surface area contributed by atoms with Gasteiger partial charge in [0.15, 0.2) is 0 Å².